The Morgan fingerprint density at radius 3 is 2.45 bits per heavy atom. The van der Waals surface area contributed by atoms with Crippen LogP contribution in [0.1, 0.15) is 31.1 Å². The third kappa shape index (κ3) is 3.19. The van der Waals surface area contributed by atoms with E-state index in [4.69, 9.17) is 5.73 Å². The molecular weight excluding hydrogens is 262 g/mol. The molecule has 0 fully saturated rings. The van der Waals surface area contributed by atoms with E-state index in [0.29, 0.717) is 36.1 Å². The van der Waals surface area contributed by atoms with Crippen LogP contribution in [0, 0.1) is 17.6 Å². The highest BCUT2D eigenvalue weighted by Crippen LogP contribution is 2.14. The van der Waals surface area contributed by atoms with Crippen LogP contribution in [-0.2, 0) is 19.5 Å². The van der Waals surface area contributed by atoms with Gasteiger partial charge in [0.25, 0.3) is 0 Å². The third-order valence-electron chi connectivity index (χ3n) is 2.98. The standard InChI is InChI=1S/C14H18F2N4/c1-9(2)8-20-13(18-19-14(20)7-17)6-10-3-4-11(15)12(16)5-10/h3-5,9H,6-8,17H2,1-2H3. The van der Waals surface area contributed by atoms with Crippen molar-refractivity contribution in [2.24, 2.45) is 11.7 Å². The van der Waals surface area contributed by atoms with Crippen LogP contribution in [0.4, 0.5) is 8.78 Å². The lowest BCUT2D eigenvalue weighted by atomic mass is 10.1. The van der Waals surface area contributed by atoms with Crippen LogP contribution >= 0.6 is 0 Å². The summed E-state index contributed by atoms with van der Waals surface area (Å²) in [5.41, 5.74) is 6.30. The number of hydrogen-bond donors (Lipinski definition) is 1. The molecule has 2 N–H and O–H groups in total. The minimum absolute atomic E-state index is 0.303. The van der Waals surface area contributed by atoms with Gasteiger partial charge in [-0.2, -0.15) is 0 Å². The molecule has 4 nitrogen and oxygen atoms in total. The third-order valence-corrected chi connectivity index (χ3v) is 2.98. The van der Waals surface area contributed by atoms with Crippen molar-refractivity contribution in [3.05, 3.63) is 47.0 Å². The molecule has 1 aromatic carbocycles. The topological polar surface area (TPSA) is 56.7 Å². The van der Waals surface area contributed by atoms with Crippen molar-refractivity contribution in [3.63, 3.8) is 0 Å². The summed E-state index contributed by atoms with van der Waals surface area (Å²) in [6, 6.07) is 3.86. The molecule has 2 aromatic rings. The molecule has 0 saturated heterocycles. The van der Waals surface area contributed by atoms with Gasteiger partial charge in [0.05, 0.1) is 6.54 Å². The Balaban J connectivity index is 2.28. The van der Waals surface area contributed by atoms with Crippen LogP contribution in [-0.4, -0.2) is 14.8 Å². The second kappa shape index (κ2) is 6.09. The second-order valence-electron chi connectivity index (χ2n) is 5.17. The molecule has 0 radical (unpaired) electrons. The fraction of sp³-hybridized carbons (Fsp3) is 0.429. The summed E-state index contributed by atoms with van der Waals surface area (Å²) in [6.45, 7) is 5.22. The first-order valence-electron chi connectivity index (χ1n) is 6.56. The first kappa shape index (κ1) is 14.6. The molecule has 20 heavy (non-hydrogen) atoms. The number of nitrogens with two attached hydrogens (primary N) is 1. The second-order valence-corrected chi connectivity index (χ2v) is 5.17. The molecule has 2 rings (SSSR count). The maximum Gasteiger partial charge on any atom is 0.159 e. The van der Waals surface area contributed by atoms with Gasteiger partial charge in [-0.05, 0) is 23.6 Å². The fourth-order valence-corrected chi connectivity index (χ4v) is 2.06. The number of nitrogens with zero attached hydrogens (tertiary/aromatic N) is 3. The van der Waals surface area contributed by atoms with Gasteiger partial charge in [-0.25, -0.2) is 8.78 Å². The zero-order valence-electron chi connectivity index (χ0n) is 11.6. The first-order valence-corrected chi connectivity index (χ1v) is 6.56. The highest BCUT2D eigenvalue weighted by atomic mass is 19.2. The van der Waals surface area contributed by atoms with E-state index in [-0.39, 0.29) is 0 Å². The Labute approximate surface area is 116 Å². The molecule has 0 amide bonds. The van der Waals surface area contributed by atoms with Crippen LogP contribution in [0.5, 0.6) is 0 Å². The molecule has 0 spiro atoms. The minimum atomic E-state index is -0.850. The van der Waals surface area contributed by atoms with Crippen molar-refractivity contribution in [1.82, 2.24) is 14.8 Å². The molecule has 0 aliphatic heterocycles. The fourth-order valence-electron chi connectivity index (χ4n) is 2.06. The largest absolute Gasteiger partial charge is 0.324 e. The lowest BCUT2D eigenvalue weighted by molar-refractivity contribution is 0.493. The lowest BCUT2D eigenvalue weighted by Gasteiger charge is -2.12. The summed E-state index contributed by atoms with van der Waals surface area (Å²) in [7, 11) is 0. The van der Waals surface area contributed by atoms with E-state index < -0.39 is 11.6 Å². The average Bonchev–Trinajstić information content (AvgIpc) is 2.76. The molecule has 0 bridgehead atoms. The number of hydrogen-bond acceptors (Lipinski definition) is 3. The van der Waals surface area contributed by atoms with Gasteiger partial charge in [0.1, 0.15) is 11.6 Å². The first-order chi connectivity index (χ1) is 9.51. The highest BCUT2D eigenvalue weighted by molar-refractivity contribution is 5.21. The summed E-state index contributed by atoms with van der Waals surface area (Å²) < 4.78 is 28.1. The van der Waals surface area contributed by atoms with Crippen molar-refractivity contribution in [3.8, 4) is 0 Å². The van der Waals surface area contributed by atoms with Crippen molar-refractivity contribution >= 4 is 0 Å². The molecule has 0 aliphatic rings. The monoisotopic (exact) mass is 280 g/mol. The Kier molecular flexibility index (Phi) is 4.44. The normalized spacial score (nSPS) is 11.3. The van der Waals surface area contributed by atoms with E-state index in [1.165, 1.54) is 6.07 Å². The lowest BCUT2D eigenvalue weighted by Crippen LogP contribution is -2.14. The predicted octanol–water partition coefficient (Wildman–Crippen LogP) is 2.26. The molecule has 0 aliphatic carbocycles. The van der Waals surface area contributed by atoms with E-state index in [1.54, 1.807) is 6.07 Å². The van der Waals surface area contributed by atoms with Gasteiger partial charge in [-0.3, -0.25) is 0 Å². The zero-order valence-corrected chi connectivity index (χ0v) is 11.6. The zero-order chi connectivity index (χ0) is 14.7. The van der Waals surface area contributed by atoms with Crippen molar-refractivity contribution in [2.75, 3.05) is 0 Å². The predicted molar refractivity (Wildman–Crippen MR) is 71.9 cm³/mol. The van der Waals surface area contributed by atoms with Gasteiger partial charge < -0.3 is 10.3 Å². The molecule has 108 valence electrons. The Morgan fingerprint density at radius 1 is 1.15 bits per heavy atom. The van der Waals surface area contributed by atoms with Gasteiger partial charge in [0.2, 0.25) is 0 Å². The molecule has 1 aromatic heterocycles. The number of halogens is 2. The molecule has 0 unspecified atom stereocenters. The van der Waals surface area contributed by atoms with Gasteiger partial charge in [0.15, 0.2) is 11.6 Å². The summed E-state index contributed by atoms with van der Waals surface area (Å²) in [5, 5.41) is 8.15. The Morgan fingerprint density at radius 2 is 1.85 bits per heavy atom. The summed E-state index contributed by atoms with van der Waals surface area (Å²) >= 11 is 0. The number of benzene rings is 1. The van der Waals surface area contributed by atoms with Crippen molar-refractivity contribution in [1.29, 1.82) is 0 Å². The van der Waals surface area contributed by atoms with E-state index in [1.807, 2.05) is 4.57 Å². The van der Waals surface area contributed by atoms with Gasteiger partial charge in [-0.15, -0.1) is 10.2 Å². The quantitative estimate of drug-likeness (QED) is 0.914. The molecular formula is C14H18F2N4. The SMILES string of the molecule is CC(C)Cn1c(CN)nnc1Cc1ccc(F)c(F)c1. The summed E-state index contributed by atoms with van der Waals surface area (Å²) in [4.78, 5) is 0. The highest BCUT2D eigenvalue weighted by Gasteiger charge is 2.13. The van der Waals surface area contributed by atoms with Crippen LogP contribution in [0.2, 0.25) is 0 Å². The van der Waals surface area contributed by atoms with Gasteiger partial charge in [-0.1, -0.05) is 19.9 Å². The smallest absolute Gasteiger partial charge is 0.159 e. The van der Waals surface area contributed by atoms with Crippen molar-refractivity contribution in [2.45, 2.75) is 33.4 Å². The van der Waals surface area contributed by atoms with Crippen LogP contribution in [0.15, 0.2) is 18.2 Å². The number of rotatable bonds is 5. The maximum absolute atomic E-state index is 13.2. The van der Waals surface area contributed by atoms with E-state index in [0.717, 1.165) is 12.6 Å². The van der Waals surface area contributed by atoms with Crippen LogP contribution in [0.3, 0.4) is 0 Å². The molecule has 6 heteroatoms. The summed E-state index contributed by atoms with van der Waals surface area (Å²) in [5.74, 6) is 0.137. The van der Waals surface area contributed by atoms with Gasteiger partial charge >= 0.3 is 0 Å². The van der Waals surface area contributed by atoms with Crippen molar-refractivity contribution < 1.29 is 8.78 Å². The maximum atomic E-state index is 13.2. The van der Waals surface area contributed by atoms with Crippen LogP contribution in [0.25, 0.3) is 0 Å². The van der Waals surface area contributed by atoms with E-state index in [9.17, 15) is 8.78 Å². The van der Waals surface area contributed by atoms with Gasteiger partial charge in [0, 0.05) is 13.0 Å². The molecule has 0 atom stereocenters. The number of aromatic nitrogens is 3. The average molecular weight is 280 g/mol. The van der Waals surface area contributed by atoms with E-state index in [2.05, 4.69) is 24.0 Å². The Bertz CT molecular complexity index is 593. The minimum Gasteiger partial charge on any atom is -0.324 e. The van der Waals surface area contributed by atoms with Crippen LogP contribution < -0.4 is 5.73 Å². The molecule has 0 saturated carbocycles. The summed E-state index contributed by atoms with van der Waals surface area (Å²) in [6.07, 6.45) is 0.400. The Hall–Kier alpha value is -1.82. The molecule has 1 heterocycles. The van der Waals surface area contributed by atoms with E-state index >= 15 is 0 Å².